The summed E-state index contributed by atoms with van der Waals surface area (Å²) in [5, 5.41) is 8.83. The molecule has 0 saturated carbocycles. The highest BCUT2D eigenvalue weighted by Gasteiger charge is 2.30. The molecule has 188 valence electrons. The van der Waals surface area contributed by atoms with Crippen LogP contribution < -0.4 is 0 Å². The summed E-state index contributed by atoms with van der Waals surface area (Å²) in [5.74, 6) is -0.357. The summed E-state index contributed by atoms with van der Waals surface area (Å²) < 4.78 is 44.1. The molecule has 0 radical (unpaired) electrons. The van der Waals surface area contributed by atoms with Gasteiger partial charge in [-0.3, -0.25) is 4.79 Å². The molecule has 1 unspecified atom stereocenters. The number of aliphatic carboxylic acids is 1. The monoisotopic (exact) mass is 506 g/mol. The fourth-order valence-corrected chi connectivity index (χ4v) is 5.48. The smallest absolute Gasteiger partial charge is 0.416 e. The van der Waals surface area contributed by atoms with Crippen molar-refractivity contribution in [2.24, 2.45) is 5.92 Å². The molecule has 0 amide bonds. The van der Waals surface area contributed by atoms with E-state index in [1.165, 1.54) is 23.5 Å². The Morgan fingerprint density at radius 3 is 2.43 bits per heavy atom. The number of alkyl halides is 3. The van der Waals surface area contributed by atoms with E-state index in [4.69, 9.17) is 9.84 Å². The fourth-order valence-electron chi connectivity index (χ4n) is 4.16. The standard InChI is InChI=1S/C27H29F3O4S/c1-15(2)21-13-25(18-5-7-19(8-6-18)27(28,29)30)35-24(21)12-10-22(31)20-9-11-23(17(4)16(20)3)34-14-26(32)33/h5-9,13,15-16H,10-12,14H2,1-4H3,(H,32,33). The van der Waals surface area contributed by atoms with Gasteiger partial charge in [0.25, 0.3) is 0 Å². The number of halogens is 3. The Morgan fingerprint density at radius 1 is 1.20 bits per heavy atom. The number of benzene rings is 1. The molecule has 0 fully saturated rings. The van der Waals surface area contributed by atoms with Gasteiger partial charge in [-0.1, -0.05) is 39.0 Å². The maximum absolute atomic E-state index is 13.1. The zero-order valence-corrected chi connectivity index (χ0v) is 21.0. The molecule has 35 heavy (non-hydrogen) atoms. The number of Topliss-reactive ketones (excluding diaryl/α,β-unsaturated/α-hetero) is 1. The molecule has 0 spiro atoms. The molecular formula is C27H29F3O4S. The highest BCUT2D eigenvalue weighted by Crippen LogP contribution is 2.38. The lowest BCUT2D eigenvalue weighted by molar-refractivity contribution is -0.141. The number of carbonyl (C=O) groups is 2. The second kappa shape index (κ2) is 10.8. The number of rotatable bonds is 9. The number of allylic oxidation sites excluding steroid dienone is 3. The van der Waals surface area contributed by atoms with E-state index in [1.807, 2.05) is 26.0 Å². The molecule has 0 saturated heterocycles. The van der Waals surface area contributed by atoms with Crippen LogP contribution in [-0.2, 0) is 26.9 Å². The average molecular weight is 507 g/mol. The van der Waals surface area contributed by atoms with E-state index >= 15 is 0 Å². The minimum Gasteiger partial charge on any atom is -0.486 e. The van der Waals surface area contributed by atoms with Crippen LogP contribution in [0.15, 0.2) is 53.3 Å². The van der Waals surface area contributed by atoms with Crippen LogP contribution in [0.2, 0.25) is 0 Å². The highest BCUT2D eigenvalue weighted by molar-refractivity contribution is 7.15. The molecule has 1 atom stereocenters. The first-order valence-electron chi connectivity index (χ1n) is 11.5. The molecule has 0 bridgehead atoms. The van der Waals surface area contributed by atoms with Gasteiger partial charge in [0, 0.05) is 28.5 Å². The fraction of sp³-hybridized carbons (Fsp3) is 0.407. The van der Waals surface area contributed by atoms with Crippen molar-refractivity contribution in [1.29, 1.82) is 0 Å². The van der Waals surface area contributed by atoms with Gasteiger partial charge in [0.15, 0.2) is 12.4 Å². The third kappa shape index (κ3) is 6.42. The lowest BCUT2D eigenvalue weighted by Gasteiger charge is -2.24. The molecule has 1 aliphatic rings. The number of ether oxygens (including phenoxy) is 1. The Morgan fingerprint density at radius 2 is 1.86 bits per heavy atom. The predicted octanol–water partition coefficient (Wildman–Crippen LogP) is 7.40. The van der Waals surface area contributed by atoms with Crippen LogP contribution in [0.1, 0.15) is 62.5 Å². The van der Waals surface area contributed by atoms with Crippen molar-refractivity contribution in [2.75, 3.05) is 6.61 Å². The summed E-state index contributed by atoms with van der Waals surface area (Å²) in [6.07, 6.45) is -1.29. The first kappa shape index (κ1) is 26.7. The largest absolute Gasteiger partial charge is 0.486 e. The van der Waals surface area contributed by atoms with E-state index < -0.39 is 24.3 Å². The van der Waals surface area contributed by atoms with Crippen LogP contribution in [0.5, 0.6) is 0 Å². The molecule has 2 aromatic rings. The minimum atomic E-state index is -4.37. The van der Waals surface area contributed by atoms with E-state index in [0.29, 0.717) is 30.6 Å². The first-order valence-corrected chi connectivity index (χ1v) is 12.3. The van der Waals surface area contributed by atoms with Crippen molar-refractivity contribution >= 4 is 23.1 Å². The first-order chi connectivity index (χ1) is 16.4. The second-order valence-electron chi connectivity index (χ2n) is 9.02. The summed E-state index contributed by atoms with van der Waals surface area (Å²) in [6, 6.07) is 7.17. The molecule has 1 heterocycles. The van der Waals surface area contributed by atoms with Crippen molar-refractivity contribution < 1.29 is 32.6 Å². The van der Waals surface area contributed by atoms with Crippen LogP contribution in [0.25, 0.3) is 10.4 Å². The van der Waals surface area contributed by atoms with Gasteiger partial charge in [-0.15, -0.1) is 11.3 Å². The molecule has 1 aliphatic carbocycles. The van der Waals surface area contributed by atoms with Gasteiger partial charge in [0.1, 0.15) is 5.76 Å². The van der Waals surface area contributed by atoms with E-state index in [9.17, 15) is 22.8 Å². The SMILES string of the molecule is CC1=C(OCC(=O)O)CC=C(C(=O)CCc2sc(-c3ccc(C(F)(F)F)cc3)cc2C(C)C)C1C. The lowest BCUT2D eigenvalue weighted by atomic mass is 9.83. The van der Waals surface area contributed by atoms with Crippen LogP contribution in [0.3, 0.4) is 0 Å². The molecule has 4 nitrogen and oxygen atoms in total. The van der Waals surface area contributed by atoms with Gasteiger partial charge in [-0.25, -0.2) is 4.79 Å². The van der Waals surface area contributed by atoms with E-state index in [-0.39, 0.29) is 17.6 Å². The number of ketones is 1. The normalized spacial score (nSPS) is 16.5. The predicted molar refractivity (Wildman–Crippen MR) is 130 cm³/mol. The summed E-state index contributed by atoms with van der Waals surface area (Å²) >= 11 is 1.52. The lowest BCUT2D eigenvalue weighted by Crippen LogP contribution is -2.19. The number of carboxylic acids is 1. The topological polar surface area (TPSA) is 63.6 Å². The Balaban J connectivity index is 1.72. The molecule has 1 aromatic carbocycles. The van der Waals surface area contributed by atoms with Gasteiger partial charge < -0.3 is 9.84 Å². The van der Waals surface area contributed by atoms with Gasteiger partial charge in [-0.2, -0.15) is 13.2 Å². The third-order valence-electron chi connectivity index (χ3n) is 6.29. The maximum Gasteiger partial charge on any atom is 0.416 e. The van der Waals surface area contributed by atoms with Crippen LogP contribution in [0.4, 0.5) is 13.2 Å². The Hall–Kier alpha value is -2.87. The van der Waals surface area contributed by atoms with Crippen molar-refractivity contribution in [2.45, 2.75) is 59.1 Å². The van der Waals surface area contributed by atoms with Crippen LogP contribution in [0, 0.1) is 5.92 Å². The number of carboxylic acid groups (broad SMARTS) is 1. The van der Waals surface area contributed by atoms with Crippen molar-refractivity contribution in [3.63, 3.8) is 0 Å². The van der Waals surface area contributed by atoms with E-state index in [0.717, 1.165) is 38.6 Å². The van der Waals surface area contributed by atoms with Gasteiger partial charge in [-0.05, 0) is 59.7 Å². The zero-order valence-electron chi connectivity index (χ0n) is 20.2. The molecule has 1 N–H and O–H groups in total. The van der Waals surface area contributed by atoms with Crippen molar-refractivity contribution in [3.05, 3.63) is 69.3 Å². The van der Waals surface area contributed by atoms with E-state index in [2.05, 4.69) is 13.8 Å². The van der Waals surface area contributed by atoms with Crippen molar-refractivity contribution in [3.8, 4) is 10.4 Å². The summed E-state index contributed by atoms with van der Waals surface area (Å²) in [7, 11) is 0. The van der Waals surface area contributed by atoms with Crippen LogP contribution in [-0.4, -0.2) is 23.5 Å². The molecular weight excluding hydrogens is 477 g/mol. The zero-order chi connectivity index (χ0) is 25.9. The quantitative estimate of drug-likeness (QED) is 0.385. The molecule has 0 aliphatic heterocycles. The average Bonchev–Trinajstić information content (AvgIpc) is 3.22. The molecule has 8 heteroatoms. The Kier molecular flexibility index (Phi) is 8.26. The van der Waals surface area contributed by atoms with Gasteiger partial charge in [0.05, 0.1) is 5.56 Å². The van der Waals surface area contributed by atoms with E-state index in [1.54, 1.807) is 0 Å². The van der Waals surface area contributed by atoms with Crippen molar-refractivity contribution in [1.82, 2.24) is 0 Å². The number of thiophene rings is 1. The summed E-state index contributed by atoms with van der Waals surface area (Å²) in [6.45, 7) is 7.48. The summed E-state index contributed by atoms with van der Waals surface area (Å²) in [4.78, 5) is 25.8. The molecule has 3 rings (SSSR count). The minimum absolute atomic E-state index is 0.0355. The number of hydrogen-bond acceptors (Lipinski definition) is 4. The van der Waals surface area contributed by atoms with Gasteiger partial charge >= 0.3 is 12.1 Å². The highest BCUT2D eigenvalue weighted by atomic mass is 32.1. The second-order valence-corrected chi connectivity index (χ2v) is 10.2. The van der Waals surface area contributed by atoms with Crippen LogP contribution >= 0.6 is 11.3 Å². The number of carbonyl (C=O) groups excluding carboxylic acids is 1. The maximum atomic E-state index is 13.1. The third-order valence-corrected chi connectivity index (χ3v) is 7.55. The Bertz CT molecular complexity index is 1150. The Labute approximate surface area is 207 Å². The molecule has 1 aromatic heterocycles. The number of aryl methyl sites for hydroxylation is 1. The number of hydrogen-bond donors (Lipinski definition) is 1. The van der Waals surface area contributed by atoms with Gasteiger partial charge in [0.2, 0.25) is 0 Å². The summed E-state index contributed by atoms with van der Waals surface area (Å²) in [5.41, 5.74) is 2.71.